The largest absolute Gasteiger partial charge is 0.349 e. The quantitative estimate of drug-likeness (QED) is 0.742. The van der Waals surface area contributed by atoms with Crippen molar-refractivity contribution in [2.24, 2.45) is 5.73 Å². The summed E-state index contributed by atoms with van der Waals surface area (Å²) in [6, 6.07) is 1.80. The molecule has 0 aliphatic rings. The predicted octanol–water partition coefficient (Wildman–Crippen LogP) is -0.540. The van der Waals surface area contributed by atoms with Crippen LogP contribution in [-0.4, -0.2) is 48.7 Å². The number of carbonyl (C=O) groups excluding carboxylic acids is 1. The summed E-state index contributed by atoms with van der Waals surface area (Å²) in [5, 5.41) is 7.78. The number of nitrogens with zero attached hydrogens (tertiary/aromatic N) is 4. The molecule has 0 fully saturated rings. The molecule has 0 atom stereocenters. The molecule has 0 aliphatic heterocycles. The highest BCUT2D eigenvalue weighted by Crippen LogP contribution is 2.13. The molecule has 0 aromatic carbocycles. The molecule has 0 aliphatic carbocycles. The van der Waals surface area contributed by atoms with Crippen molar-refractivity contribution in [3.8, 4) is 0 Å². The van der Waals surface area contributed by atoms with Gasteiger partial charge in [-0.2, -0.15) is 5.10 Å². The van der Waals surface area contributed by atoms with E-state index in [0.29, 0.717) is 12.4 Å². The Balaban J connectivity index is 2.80. The first kappa shape index (κ1) is 12.4. The van der Waals surface area contributed by atoms with Crippen LogP contribution < -0.4 is 10.6 Å². The third kappa shape index (κ3) is 2.90. The van der Waals surface area contributed by atoms with E-state index in [0.717, 1.165) is 5.56 Å². The molecule has 0 radical (unpaired) electrons. The molecule has 1 heterocycles. The normalized spacial score (nSPS) is 10.0. The van der Waals surface area contributed by atoms with Crippen LogP contribution in [0.3, 0.4) is 0 Å². The minimum Gasteiger partial charge on any atom is -0.349 e. The Morgan fingerprint density at radius 1 is 1.44 bits per heavy atom. The topological polar surface area (TPSA) is 75.4 Å². The van der Waals surface area contributed by atoms with E-state index in [1.54, 1.807) is 38.3 Å². The zero-order valence-corrected chi connectivity index (χ0v) is 9.84. The van der Waals surface area contributed by atoms with Crippen LogP contribution in [-0.2, 0) is 11.3 Å². The van der Waals surface area contributed by atoms with Gasteiger partial charge in [0, 0.05) is 33.3 Å². The lowest BCUT2D eigenvalue weighted by Crippen LogP contribution is -2.35. The maximum Gasteiger partial charge on any atom is 0.241 e. The fraction of sp³-hybridized carbons (Fsp3) is 0.500. The molecule has 0 unspecified atom stereocenters. The molecule has 88 valence electrons. The number of hydrogen-bond donors (Lipinski definition) is 1. The van der Waals surface area contributed by atoms with Crippen LogP contribution in [0.25, 0.3) is 0 Å². The van der Waals surface area contributed by atoms with Crippen LogP contribution in [0.1, 0.15) is 5.56 Å². The standard InChI is InChI=1S/C10H17N5O/c1-14(2)9(16)7-15(3)10-8(6-11)4-5-12-13-10/h4-5H,6-7,11H2,1-3H3. The van der Waals surface area contributed by atoms with Crippen molar-refractivity contribution in [2.75, 3.05) is 32.6 Å². The molecule has 1 aromatic rings. The molecule has 6 heteroatoms. The summed E-state index contributed by atoms with van der Waals surface area (Å²) < 4.78 is 0. The summed E-state index contributed by atoms with van der Waals surface area (Å²) in [6.45, 7) is 0.643. The van der Waals surface area contributed by atoms with Crippen molar-refractivity contribution in [3.63, 3.8) is 0 Å². The molecular formula is C10H17N5O. The van der Waals surface area contributed by atoms with Gasteiger partial charge < -0.3 is 15.5 Å². The number of aromatic nitrogens is 2. The summed E-state index contributed by atoms with van der Waals surface area (Å²) in [5.74, 6) is 0.663. The third-order valence-electron chi connectivity index (χ3n) is 2.23. The number of anilines is 1. The van der Waals surface area contributed by atoms with Gasteiger partial charge in [0.2, 0.25) is 5.91 Å². The molecule has 2 N–H and O–H groups in total. The van der Waals surface area contributed by atoms with Crippen molar-refractivity contribution < 1.29 is 4.79 Å². The van der Waals surface area contributed by atoms with Crippen molar-refractivity contribution in [2.45, 2.75) is 6.54 Å². The summed E-state index contributed by atoms with van der Waals surface area (Å²) in [5.41, 5.74) is 6.47. The van der Waals surface area contributed by atoms with Gasteiger partial charge in [0.15, 0.2) is 5.82 Å². The van der Waals surface area contributed by atoms with Crippen LogP contribution in [0.15, 0.2) is 12.3 Å². The van der Waals surface area contributed by atoms with Gasteiger partial charge in [0.1, 0.15) is 0 Å². The number of hydrogen-bond acceptors (Lipinski definition) is 5. The zero-order chi connectivity index (χ0) is 12.1. The first-order valence-corrected chi connectivity index (χ1v) is 4.98. The highest BCUT2D eigenvalue weighted by Gasteiger charge is 2.13. The second kappa shape index (κ2) is 5.41. The highest BCUT2D eigenvalue weighted by molar-refractivity contribution is 5.80. The number of amides is 1. The molecule has 1 amide bonds. The van der Waals surface area contributed by atoms with Gasteiger partial charge in [-0.05, 0) is 6.07 Å². The molecule has 0 saturated heterocycles. The van der Waals surface area contributed by atoms with Gasteiger partial charge in [0.25, 0.3) is 0 Å². The van der Waals surface area contributed by atoms with Crippen molar-refractivity contribution >= 4 is 11.7 Å². The average molecular weight is 223 g/mol. The van der Waals surface area contributed by atoms with Crippen molar-refractivity contribution in [1.82, 2.24) is 15.1 Å². The second-order valence-corrected chi connectivity index (χ2v) is 3.73. The van der Waals surface area contributed by atoms with Crippen molar-refractivity contribution in [3.05, 3.63) is 17.8 Å². The van der Waals surface area contributed by atoms with Gasteiger partial charge in [-0.25, -0.2) is 0 Å². The minimum atomic E-state index is 0.0103. The summed E-state index contributed by atoms with van der Waals surface area (Å²) in [4.78, 5) is 14.8. The molecule has 0 spiro atoms. The van der Waals surface area contributed by atoms with Crippen LogP contribution in [0.2, 0.25) is 0 Å². The fourth-order valence-corrected chi connectivity index (χ4v) is 1.25. The monoisotopic (exact) mass is 223 g/mol. The number of carbonyl (C=O) groups is 1. The van der Waals surface area contributed by atoms with Gasteiger partial charge in [0.05, 0.1) is 12.7 Å². The lowest BCUT2D eigenvalue weighted by Gasteiger charge is -2.21. The lowest BCUT2D eigenvalue weighted by molar-refractivity contribution is -0.127. The maximum absolute atomic E-state index is 11.5. The Morgan fingerprint density at radius 2 is 2.12 bits per heavy atom. The molecule has 0 bridgehead atoms. The Morgan fingerprint density at radius 3 is 2.69 bits per heavy atom. The predicted molar refractivity (Wildman–Crippen MR) is 61.9 cm³/mol. The molecule has 1 rings (SSSR count). The molecule has 1 aromatic heterocycles. The molecular weight excluding hydrogens is 206 g/mol. The molecule has 0 saturated carbocycles. The smallest absolute Gasteiger partial charge is 0.241 e. The van der Waals surface area contributed by atoms with E-state index in [2.05, 4.69) is 10.2 Å². The second-order valence-electron chi connectivity index (χ2n) is 3.73. The average Bonchev–Trinajstić information content (AvgIpc) is 2.28. The van der Waals surface area contributed by atoms with Crippen molar-refractivity contribution in [1.29, 1.82) is 0 Å². The van der Waals surface area contributed by atoms with Gasteiger partial charge >= 0.3 is 0 Å². The molecule has 16 heavy (non-hydrogen) atoms. The summed E-state index contributed by atoms with van der Waals surface area (Å²) in [7, 11) is 5.23. The Kier molecular flexibility index (Phi) is 4.19. The lowest BCUT2D eigenvalue weighted by atomic mass is 10.2. The van der Waals surface area contributed by atoms with Crippen LogP contribution in [0, 0.1) is 0 Å². The SMILES string of the molecule is CN(C)C(=O)CN(C)c1nnccc1CN. The van der Waals surface area contributed by atoms with Gasteiger partial charge in [-0.3, -0.25) is 4.79 Å². The van der Waals surface area contributed by atoms with E-state index in [-0.39, 0.29) is 12.5 Å². The number of nitrogens with two attached hydrogens (primary N) is 1. The van der Waals surface area contributed by atoms with Crippen LogP contribution >= 0.6 is 0 Å². The maximum atomic E-state index is 11.5. The summed E-state index contributed by atoms with van der Waals surface area (Å²) in [6.07, 6.45) is 1.59. The zero-order valence-electron chi connectivity index (χ0n) is 9.84. The number of rotatable bonds is 4. The first-order chi connectivity index (χ1) is 7.56. The minimum absolute atomic E-state index is 0.0103. The summed E-state index contributed by atoms with van der Waals surface area (Å²) >= 11 is 0. The van der Waals surface area contributed by atoms with E-state index in [1.807, 2.05) is 0 Å². The van der Waals surface area contributed by atoms with Gasteiger partial charge in [-0.15, -0.1) is 5.10 Å². The number of likely N-dealkylation sites (N-methyl/N-ethyl adjacent to an activating group) is 2. The van der Waals surface area contributed by atoms with Crippen LogP contribution in [0.4, 0.5) is 5.82 Å². The van der Waals surface area contributed by atoms with E-state index >= 15 is 0 Å². The highest BCUT2D eigenvalue weighted by atomic mass is 16.2. The van der Waals surface area contributed by atoms with E-state index in [1.165, 1.54) is 4.90 Å². The van der Waals surface area contributed by atoms with Gasteiger partial charge in [-0.1, -0.05) is 0 Å². The Labute approximate surface area is 95.0 Å². The first-order valence-electron chi connectivity index (χ1n) is 4.98. The Hall–Kier alpha value is -1.69. The van der Waals surface area contributed by atoms with Crippen LogP contribution in [0.5, 0.6) is 0 Å². The molecule has 6 nitrogen and oxygen atoms in total. The fourth-order valence-electron chi connectivity index (χ4n) is 1.25. The third-order valence-corrected chi connectivity index (χ3v) is 2.23. The van der Waals surface area contributed by atoms with E-state index in [9.17, 15) is 4.79 Å². The van der Waals surface area contributed by atoms with E-state index in [4.69, 9.17) is 5.73 Å². The Bertz CT molecular complexity index is 366. The van der Waals surface area contributed by atoms with E-state index < -0.39 is 0 Å².